The summed E-state index contributed by atoms with van der Waals surface area (Å²) < 4.78 is 46.9. The molecule has 0 radical (unpaired) electrons. The molecule has 0 aliphatic rings. The van der Waals surface area contributed by atoms with Crippen LogP contribution < -0.4 is 29.6 Å². The third kappa shape index (κ3) is 35.6. The Bertz CT molecular complexity index is 1310. The number of allylic oxidation sites excluding steroid dienone is 2. The maximum atomic E-state index is 13.1. The van der Waals surface area contributed by atoms with Crippen LogP contribution >= 0.6 is 0 Å². The van der Waals surface area contributed by atoms with Gasteiger partial charge in [-0.25, -0.2) is 18.0 Å². The molecular weight excluding hydrogens is 792 g/mol. The van der Waals surface area contributed by atoms with Gasteiger partial charge in [-0.15, -0.1) is 13.2 Å². The second kappa shape index (κ2) is 43.8. The van der Waals surface area contributed by atoms with Gasteiger partial charge in [-0.3, -0.25) is 0 Å². The first kappa shape index (κ1) is 59.5. The van der Waals surface area contributed by atoms with Crippen molar-refractivity contribution in [1.29, 1.82) is 0 Å². The zero-order valence-corrected chi connectivity index (χ0v) is 42.2. The molecule has 0 atom stereocenters. The van der Waals surface area contributed by atoms with Crippen LogP contribution in [-0.2, 0) is 19.6 Å². The number of unbranched alkanes of at least 4 members (excludes halogenated alkanes) is 36. The number of benzene rings is 1. The SMILES string of the molecule is C=CCCCCCCCCCCCCCCCCCCCCOC(=O)c1cccc(S(=O)(=O)[O-])c1C(=O)OCCCCCCCCCCCCCCCCCCCCC=C.[Na+]. The zero-order chi connectivity index (χ0) is 43.6. The molecule has 1 aromatic rings. The van der Waals surface area contributed by atoms with Crippen LogP contribution in [0.3, 0.4) is 0 Å². The van der Waals surface area contributed by atoms with E-state index < -0.39 is 32.5 Å². The summed E-state index contributed by atoms with van der Waals surface area (Å²) in [7, 11) is -5.02. The van der Waals surface area contributed by atoms with Crippen LogP contribution in [0.4, 0.5) is 0 Å². The third-order valence-electron chi connectivity index (χ3n) is 11.8. The predicted octanol–water partition coefficient (Wildman–Crippen LogP) is 13.1. The maximum Gasteiger partial charge on any atom is 1.00 e. The summed E-state index contributed by atoms with van der Waals surface area (Å²) in [5, 5.41) is 0. The van der Waals surface area contributed by atoms with Gasteiger partial charge < -0.3 is 14.0 Å². The molecule has 1 rings (SSSR count). The average Bonchev–Trinajstić information content (AvgIpc) is 3.24. The summed E-state index contributed by atoms with van der Waals surface area (Å²) in [6.07, 6.45) is 51.2. The molecule has 9 heteroatoms. The summed E-state index contributed by atoms with van der Waals surface area (Å²) in [5.41, 5.74) is -0.771. The van der Waals surface area contributed by atoms with Crippen molar-refractivity contribution in [2.24, 2.45) is 0 Å². The fraction of sp³-hybridized carbons (Fsp3) is 0.769. The van der Waals surface area contributed by atoms with Gasteiger partial charge >= 0.3 is 41.5 Å². The molecule has 0 spiro atoms. The van der Waals surface area contributed by atoms with E-state index in [1.807, 2.05) is 12.2 Å². The number of rotatable bonds is 45. The summed E-state index contributed by atoms with van der Waals surface area (Å²) >= 11 is 0. The summed E-state index contributed by atoms with van der Waals surface area (Å²) in [5.74, 6) is -1.80. The van der Waals surface area contributed by atoms with E-state index in [0.29, 0.717) is 12.8 Å². The average molecular weight is 881 g/mol. The van der Waals surface area contributed by atoms with Crippen molar-refractivity contribution in [2.45, 2.75) is 249 Å². The molecule has 0 heterocycles. The molecule has 61 heavy (non-hydrogen) atoms. The second-order valence-electron chi connectivity index (χ2n) is 17.3. The zero-order valence-electron chi connectivity index (χ0n) is 39.4. The van der Waals surface area contributed by atoms with E-state index in [1.54, 1.807) is 0 Å². The minimum Gasteiger partial charge on any atom is -0.744 e. The van der Waals surface area contributed by atoms with Gasteiger partial charge in [-0.2, -0.15) is 0 Å². The maximum absolute atomic E-state index is 13.1. The number of carbonyl (C=O) groups is 2. The second-order valence-corrected chi connectivity index (χ2v) is 18.6. The molecule has 346 valence electrons. The Morgan fingerprint density at radius 2 is 0.705 bits per heavy atom. The number of ether oxygens (including phenoxy) is 2. The van der Waals surface area contributed by atoms with Crippen LogP contribution in [0, 0.1) is 0 Å². The predicted molar refractivity (Wildman–Crippen MR) is 251 cm³/mol. The largest absolute Gasteiger partial charge is 1.00 e. The molecule has 0 saturated carbocycles. The summed E-state index contributed by atoms with van der Waals surface area (Å²) in [6.45, 7) is 7.83. The standard InChI is InChI=1S/C52H90O7S.Na/c1-3-5-7-9-11-13-15-17-19-21-23-25-27-29-31-33-35-37-39-41-46-58-51(53)48-44-43-45-49(60(55,56)57)50(48)52(54)59-47-42-40-38-36-34-32-30-28-26-24-22-20-18-16-14-12-10-8-6-4-2;/h3-4,43-45H,1-2,5-42,46-47H2,(H,55,56,57);/q;+1/p-1. The van der Waals surface area contributed by atoms with Crippen LogP contribution in [0.5, 0.6) is 0 Å². The Kier molecular flexibility index (Phi) is 42.7. The van der Waals surface area contributed by atoms with Gasteiger partial charge in [-0.05, 0) is 50.7 Å². The Hall–Kier alpha value is -1.45. The van der Waals surface area contributed by atoms with Crippen LogP contribution in [0.1, 0.15) is 265 Å². The molecule has 0 amide bonds. The van der Waals surface area contributed by atoms with E-state index in [9.17, 15) is 22.6 Å². The van der Waals surface area contributed by atoms with E-state index in [1.165, 1.54) is 192 Å². The van der Waals surface area contributed by atoms with Crippen molar-refractivity contribution < 1.29 is 61.6 Å². The molecule has 0 bridgehead atoms. The Morgan fingerprint density at radius 1 is 0.443 bits per heavy atom. The molecule has 7 nitrogen and oxygen atoms in total. The Labute approximate surface area is 397 Å². The van der Waals surface area contributed by atoms with E-state index in [-0.39, 0.29) is 48.3 Å². The third-order valence-corrected chi connectivity index (χ3v) is 12.7. The molecule has 0 unspecified atom stereocenters. The Balaban J connectivity index is 0.0000360. The van der Waals surface area contributed by atoms with Gasteiger partial charge in [0.05, 0.1) is 29.2 Å². The minimum absolute atomic E-state index is 0. The van der Waals surface area contributed by atoms with Crippen LogP contribution in [0.25, 0.3) is 0 Å². The van der Waals surface area contributed by atoms with Gasteiger partial charge in [0.1, 0.15) is 10.1 Å². The quantitative estimate of drug-likeness (QED) is 0.0211. The molecule has 1 aromatic carbocycles. The molecule has 0 N–H and O–H groups in total. The van der Waals surface area contributed by atoms with Gasteiger partial charge in [0.2, 0.25) is 0 Å². The normalized spacial score (nSPS) is 11.3. The molecule has 0 aromatic heterocycles. The molecule has 0 aliphatic heterocycles. The minimum atomic E-state index is -5.02. The van der Waals surface area contributed by atoms with Crippen molar-refractivity contribution in [3.63, 3.8) is 0 Å². The monoisotopic (exact) mass is 881 g/mol. The van der Waals surface area contributed by atoms with Crippen molar-refractivity contribution in [2.75, 3.05) is 13.2 Å². The smallest absolute Gasteiger partial charge is 0.744 e. The number of hydrogen-bond donors (Lipinski definition) is 0. The van der Waals surface area contributed by atoms with Crippen molar-refractivity contribution >= 4 is 22.1 Å². The van der Waals surface area contributed by atoms with E-state index in [2.05, 4.69) is 13.2 Å². The van der Waals surface area contributed by atoms with Gasteiger partial charge in [0, 0.05) is 0 Å². The van der Waals surface area contributed by atoms with E-state index in [0.717, 1.165) is 57.4 Å². The van der Waals surface area contributed by atoms with Crippen LogP contribution in [0.2, 0.25) is 0 Å². The first-order chi connectivity index (χ1) is 29.3. The van der Waals surface area contributed by atoms with Crippen LogP contribution in [-0.4, -0.2) is 38.1 Å². The first-order valence-electron chi connectivity index (χ1n) is 25.0. The van der Waals surface area contributed by atoms with Gasteiger partial charge in [-0.1, -0.05) is 224 Å². The summed E-state index contributed by atoms with van der Waals surface area (Å²) in [6, 6.07) is 3.64. The molecular formula is C52H89NaO7S. The van der Waals surface area contributed by atoms with Crippen molar-refractivity contribution in [1.82, 2.24) is 0 Å². The van der Waals surface area contributed by atoms with Crippen molar-refractivity contribution in [3.8, 4) is 0 Å². The fourth-order valence-electron chi connectivity index (χ4n) is 8.04. The van der Waals surface area contributed by atoms with Gasteiger partial charge in [0.25, 0.3) is 0 Å². The molecule has 0 aliphatic carbocycles. The first-order valence-corrected chi connectivity index (χ1v) is 26.4. The van der Waals surface area contributed by atoms with Gasteiger partial charge in [0.15, 0.2) is 0 Å². The number of esters is 2. The summed E-state index contributed by atoms with van der Waals surface area (Å²) in [4.78, 5) is 25.3. The number of hydrogen-bond acceptors (Lipinski definition) is 7. The molecule has 0 fully saturated rings. The number of carbonyl (C=O) groups excluding carboxylic acids is 2. The van der Waals surface area contributed by atoms with Crippen molar-refractivity contribution in [3.05, 3.63) is 54.6 Å². The fourth-order valence-corrected chi connectivity index (χ4v) is 8.73. The van der Waals surface area contributed by atoms with E-state index in [4.69, 9.17) is 9.47 Å². The van der Waals surface area contributed by atoms with E-state index >= 15 is 0 Å². The Morgan fingerprint density at radius 3 is 0.984 bits per heavy atom. The molecule has 0 saturated heterocycles. The topological polar surface area (TPSA) is 110 Å². The van der Waals surface area contributed by atoms with Crippen LogP contribution in [0.15, 0.2) is 48.4 Å².